The van der Waals surface area contributed by atoms with Gasteiger partial charge in [-0.2, -0.15) is 10.1 Å². The molecule has 0 saturated carbocycles. The second-order valence-electron chi connectivity index (χ2n) is 7.81. The minimum Gasteiger partial charge on any atom is -0.434 e. The maximum atomic E-state index is 14.4. The monoisotopic (exact) mass is 501 g/mol. The van der Waals surface area contributed by atoms with Crippen molar-refractivity contribution in [3.63, 3.8) is 0 Å². The first-order valence-corrected chi connectivity index (χ1v) is 11.1. The van der Waals surface area contributed by atoms with Crippen LogP contribution in [0.1, 0.15) is 6.92 Å². The van der Waals surface area contributed by atoms with Gasteiger partial charge in [0.15, 0.2) is 5.75 Å². The maximum Gasteiger partial charge on any atom is 0.247 e. The lowest BCUT2D eigenvalue weighted by atomic mass is 10.1. The molecular formula is C22H18Cl2FN7O2. The Labute approximate surface area is 203 Å². The fourth-order valence-corrected chi connectivity index (χ4v) is 4.49. The van der Waals surface area contributed by atoms with Gasteiger partial charge in [-0.15, -0.1) is 0 Å². The van der Waals surface area contributed by atoms with Gasteiger partial charge in [0.1, 0.15) is 33.7 Å². The Kier molecular flexibility index (Phi) is 5.70. The number of rotatable bonds is 4. The van der Waals surface area contributed by atoms with Crippen LogP contribution in [0, 0.1) is 5.82 Å². The molecule has 1 atom stereocenters. The van der Waals surface area contributed by atoms with Crippen molar-refractivity contribution in [3.8, 4) is 11.6 Å². The van der Waals surface area contributed by atoms with Gasteiger partial charge in [-0.1, -0.05) is 29.8 Å². The Morgan fingerprint density at radius 2 is 2.12 bits per heavy atom. The van der Waals surface area contributed by atoms with Crippen molar-refractivity contribution in [1.29, 1.82) is 0 Å². The molecular weight excluding hydrogens is 484 g/mol. The number of amides is 1. The summed E-state index contributed by atoms with van der Waals surface area (Å²) in [5.41, 5.74) is 0.795. The van der Waals surface area contributed by atoms with E-state index in [1.807, 2.05) is 11.8 Å². The third-order valence-corrected chi connectivity index (χ3v) is 6.26. The summed E-state index contributed by atoms with van der Waals surface area (Å²) in [5.74, 6) is -0.0619. The molecule has 0 bridgehead atoms. The SMILES string of the molecule is C=CC(=O)N1CCN(c2ncnc3c(Oc4c(Cl)c(F)cc5[nH]ncc45)nc(Cl)cc23)C[C@@H]1C. The Hall–Kier alpha value is -3.50. The summed E-state index contributed by atoms with van der Waals surface area (Å²) in [4.78, 5) is 29.0. The van der Waals surface area contributed by atoms with E-state index in [0.29, 0.717) is 47.3 Å². The Morgan fingerprint density at radius 3 is 2.88 bits per heavy atom. The highest BCUT2D eigenvalue weighted by Crippen LogP contribution is 2.40. The number of H-pyrrole nitrogens is 1. The molecule has 4 heterocycles. The number of piperazine rings is 1. The zero-order valence-electron chi connectivity index (χ0n) is 17.9. The second-order valence-corrected chi connectivity index (χ2v) is 8.57. The summed E-state index contributed by atoms with van der Waals surface area (Å²) in [7, 11) is 0. The molecule has 9 nitrogen and oxygen atoms in total. The van der Waals surface area contributed by atoms with E-state index in [0.717, 1.165) is 0 Å². The number of aromatic amines is 1. The molecule has 5 rings (SSSR count). The summed E-state index contributed by atoms with van der Waals surface area (Å²) in [6.07, 6.45) is 4.19. The van der Waals surface area contributed by atoms with E-state index in [9.17, 15) is 9.18 Å². The van der Waals surface area contributed by atoms with Gasteiger partial charge in [0.25, 0.3) is 0 Å². The van der Waals surface area contributed by atoms with Gasteiger partial charge in [-0.05, 0) is 19.1 Å². The number of carbonyl (C=O) groups excluding carboxylic acids is 1. The van der Waals surface area contributed by atoms with Gasteiger partial charge in [0.05, 0.1) is 22.5 Å². The van der Waals surface area contributed by atoms with Crippen molar-refractivity contribution in [2.75, 3.05) is 24.5 Å². The van der Waals surface area contributed by atoms with Crippen LogP contribution in [-0.2, 0) is 4.79 Å². The first-order chi connectivity index (χ1) is 16.4. The summed E-state index contributed by atoms with van der Waals surface area (Å²) >= 11 is 12.5. The highest BCUT2D eigenvalue weighted by Gasteiger charge is 2.28. The van der Waals surface area contributed by atoms with Gasteiger partial charge >= 0.3 is 0 Å². The smallest absolute Gasteiger partial charge is 0.247 e. The average Bonchev–Trinajstić information content (AvgIpc) is 3.29. The number of fused-ring (bicyclic) bond motifs is 2. The summed E-state index contributed by atoms with van der Waals surface area (Å²) in [6, 6.07) is 2.82. The number of pyridine rings is 1. The lowest BCUT2D eigenvalue weighted by Gasteiger charge is -2.40. The number of carbonyl (C=O) groups is 1. The van der Waals surface area contributed by atoms with Crippen LogP contribution in [0.4, 0.5) is 10.2 Å². The molecule has 0 spiro atoms. The van der Waals surface area contributed by atoms with E-state index in [1.165, 1.54) is 24.7 Å². The van der Waals surface area contributed by atoms with E-state index >= 15 is 0 Å². The molecule has 0 unspecified atom stereocenters. The first-order valence-electron chi connectivity index (χ1n) is 10.4. The number of nitrogens with one attached hydrogen (secondary N) is 1. The normalized spacial score (nSPS) is 16.3. The van der Waals surface area contributed by atoms with Gasteiger partial charge in [-0.3, -0.25) is 9.89 Å². The Balaban J connectivity index is 1.56. The van der Waals surface area contributed by atoms with E-state index in [1.54, 1.807) is 11.0 Å². The van der Waals surface area contributed by atoms with Crippen molar-refractivity contribution >= 4 is 56.7 Å². The largest absolute Gasteiger partial charge is 0.434 e. The van der Waals surface area contributed by atoms with Crippen LogP contribution in [-0.4, -0.2) is 61.6 Å². The molecule has 34 heavy (non-hydrogen) atoms. The number of benzene rings is 1. The quantitative estimate of drug-likeness (QED) is 0.327. The minimum absolute atomic E-state index is 0.0480. The molecule has 3 aromatic heterocycles. The average molecular weight is 502 g/mol. The van der Waals surface area contributed by atoms with Gasteiger partial charge in [0.2, 0.25) is 11.8 Å². The molecule has 1 aliphatic heterocycles. The topological polar surface area (TPSA) is 100 Å². The molecule has 1 aliphatic rings. The molecule has 0 aliphatic carbocycles. The zero-order chi connectivity index (χ0) is 24.0. The molecule has 1 saturated heterocycles. The van der Waals surface area contributed by atoms with Gasteiger partial charge in [0, 0.05) is 31.7 Å². The van der Waals surface area contributed by atoms with E-state index < -0.39 is 5.82 Å². The predicted molar refractivity (Wildman–Crippen MR) is 127 cm³/mol. The van der Waals surface area contributed by atoms with Crippen LogP contribution in [0.3, 0.4) is 0 Å². The third kappa shape index (κ3) is 3.78. The number of hydrogen-bond acceptors (Lipinski definition) is 7. The van der Waals surface area contributed by atoms with Crippen LogP contribution in [0.25, 0.3) is 21.8 Å². The lowest BCUT2D eigenvalue weighted by molar-refractivity contribution is -0.128. The fraction of sp³-hybridized carbons (Fsp3) is 0.227. The van der Waals surface area contributed by atoms with E-state index in [2.05, 4.69) is 31.7 Å². The predicted octanol–water partition coefficient (Wildman–Crippen LogP) is 4.36. The molecule has 1 N–H and O–H groups in total. The first kappa shape index (κ1) is 22.3. The van der Waals surface area contributed by atoms with Gasteiger partial charge in [-0.25, -0.2) is 14.4 Å². The van der Waals surface area contributed by atoms with Crippen LogP contribution < -0.4 is 9.64 Å². The number of ether oxygens (including phenoxy) is 1. The van der Waals surface area contributed by atoms with Gasteiger partial charge < -0.3 is 14.5 Å². The molecule has 174 valence electrons. The van der Waals surface area contributed by atoms with Crippen molar-refractivity contribution in [3.05, 3.63) is 53.3 Å². The second kappa shape index (κ2) is 8.69. The maximum absolute atomic E-state index is 14.4. The molecule has 12 heteroatoms. The molecule has 4 aromatic rings. The summed E-state index contributed by atoms with van der Waals surface area (Å²) in [5, 5.41) is 7.63. The number of nitrogens with zero attached hydrogens (tertiary/aromatic N) is 6. The van der Waals surface area contributed by atoms with Crippen LogP contribution >= 0.6 is 23.2 Å². The number of anilines is 1. The van der Waals surface area contributed by atoms with Crippen molar-refractivity contribution in [2.45, 2.75) is 13.0 Å². The standard InChI is InChI=1S/C22H18Cl2FN7O2/c1-3-17(33)32-5-4-31(9-11(32)2)21-12-6-16(23)29-22(19(12)26-10-27-21)34-20-13-8-28-30-15(13)7-14(25)18(20)24/h3,6-8,10-11H,1,4-5,9H2,2H3,(H,28,30)/t11-/m0/s1. The van der Waals surface area contributed by atoms with Crippen LogP contribution in [0.2, 0.25) is 10.2 Å². The minimum atomic E-state index is -0.670. The lowest BCUT2D eigenvalue weighted by Crippen LogP contribution is -2.54. The Morgan fingerprint density at radius 1 is 1.29 bits per heavy atom. The zero-order valence-corrected chi connectivity index (χ0v) is 19.4. The van der Waals surface area contributed by atoms with E-state index in [-0.39, 0.29) is 33.8 Å². The van der Waals surface area contributed by atoms with E-state index in [4.69, 9.17) is 27.9 Å². The highest BCUT2D eigenvalue weighted by atomic mass is 35.5. The van der Waals surface area contributed by atoms with Crippen molar-refractivity contribution < 1.29 is 13.9 Å². The fourth-order valence-electron chi connectivity index (χ4n) is 4.11. The molecule has 0 radical (unpaired) electrons. The molecule has 1 amide bonds. The molecule has 1 fully saturated rings. The van der Waals surface area contributed by atoms with Crippen molar-refractivity contribution in [2.24, 2.45) is 0 Å². The van der Waals surface area contributed by atoms with Crippen LogP contribution in [0.15, 0.2) is 37.3 Å². The highest BCUT2D eigenvalue weighted by molar-refractivity contribution is 6.33. The third-order valence-electron chi connectivity index (χ3n) is 5.71. The number of aromatic nitrogens is 5. The van der Waals surface area contributed by atoms with Crippen molar-refractivity contribution in [1.82, 2.24) is 30.0 Å². The number of hydrogen-bond donors (Lipinski definition) is 1. The molecule has 1 aromatic carbocycles. The summed E-state index contributed by atoms with van der Waals surface area (Å²) < 4.78 is 20.3. The Bertz CT molecular complexity index is 1440. The number of halogens is 3. The van der Waals surface area contributed by atoms with Crippen LogP contribution in [0.5, 0.6) is 11.6 Å². The summed E-state index contributed by atoms with van der Waals surface area (Å²) in [6.45, 7) is 7.14.